The van der Waals surface area contributed by atoms with Crippen molar-refractivity contribution in [3.05, 3.63) is 23.5 Å². The van der Waals surface area contributed by atoms with Gasteiger partial charge in [-0.2, -0.15) is 0 Å². The average molecular weight is 432 g/mol. The number of aliphatic hydroxyl groups is 5. The van der Waals surface area contributed by atoms with Gasteiger partial charge in [0.25, 0.3) is 0 Å². The number of carboxylic acids is 1. The third kappa shape index (κ3) is 4.07. The summed E-state index contributed by atoms with van der Waals surface area (Å²) >= 11 is 0. The summed E-state index contributed by atoms with van der Waals surface area (Å²) in [4.78, 5) is 23.1. The Kier molecular flexibility index (Phi) is 6.77. The van der Waals surface area contributed by atoms with Gasteiger partial charge in [0.1, 0.15) is 30.5 Å². The van der Waals surface area contributed by atoms with Crippen LogP contribution in [0.3, 0.4) is 0 Å². The van der Waals surface area contributed by atoms with Crippen LogP contribution >= 0.6 is 0 Å². The standard InChI is InChI=1S/C18H24O12/c1-6(21)28-9-2-7(3-19)11-12(9)8(16(25)26)5-27-17(11)30-18-15(24)14(23)13(22)10(4-20)29-18/h2,5,9-15,17-20,22-24H,3-4H2,1H3,(H,25,26)/t9-,10-,11-,12+,13-,14+,15-,17+,18+/m0/s1. The number of hydrogen-bond donors (Lipinski definition) is 6. The van der Waals surface area contributed by atoms with Crippen LogP contribution in [0.25, 0.3) is 0 Å². The lowest BCUT2D eigenvalue weighted by Gasteiger charge is -2.43. The van der Waals surface area contributed by atoms with Crippen molar-refractivity contribution in [3.8, 4) is 0 Å². The van der Waals surface area contributed by atoms with E-state index in [-0.39, 0.29) is 11.1 Å². The van der Waals surface area contributed by atoms with Crippen LogP contribution in [0.15, 0.2) is 23.5 Å². The molecule has 2 aliphatic heterocycles. The first-order chi connectivity index (χ1) is 14.2. The van der Waals surface area contributed by atoms with Gasteiger partial charge in [-0.1, -0.05) is 0 Å². The van der Waals surface area contributed by atoms with Crippen LogP contribution in [0.4, 0.5) is 0 Å². The van der Waals surface area contributed by atoms with Gasteiger partial charge in [-0.3, -0.25) is 4.79 Å². The van der Waals surface area contributed by atoms with Crippen molar-refractivity contribution < 1.29 is 59.2 Å². The zero-order valence-corrected chi connectivity index (χ0v) is 15.9. The molecule has 0 aromatic carbocycles. The van der Waals surface area contributed by atoms with E-state index in [4.69, 9.17) is 18.9 Å². The highest BCUT2D eigenvalue weighted by Crippen LogP contribution is 2.45. The molecule has 1 aliphatic carbocycles. The molecular weight excluding hydrogens is 408 g/mol. The Morgan fingerprint density at radius 3 is 2.33 bits per heavy atom. The highest BCUT2D eigenvalue weighted by atomic mass is 16.8. The summed E-state index contributed by atoms with van der Waals surface area (Å²) in [5, 5.41) is 58.5. The van der Waals surface area contributed by atoms with Gasteiger partial charge in [0.05, 0.1) is 31.0 Å². The molecular formula is C18H24O12. The van der Waals surface area contributed by atoms with Crippen molar-refractivity contribution in [1.82, 2.24) is 0 Å². The summed E-state index contributed by atoms with van der Waals surface area (Å²) < 4.78 is 21.5. The van der Waals surface area contributed by atoms with Crippen LogP contribution in [-0.2, 0) is 28.5 Å². The van der Waals surface area contributed by atoms with E-state index in [0.29, 0.717) is 0 Å². The molecule has 3 rings (SSSR count). The SMILES string of the molecule is CC(=O)O[C@H]1C=C(CO)[C@@H]2[C@@H](O[C@H]3O[C@@H](CO)[C@H](O)[C@@H](O)[C@@H]3O)OC=C(C(=O)O)[C@@H]21. The van der Waals surface area contributed by atoms with E-state index in [1.54, 1.807) is 0 Å². The van der Waals surface area contributed by atoms with Crippen molar-refractivity contribution in [2.45, 2.75) is 50.0 Å². The largest absolute Gasteiger partial charge is 0.478 e. The summed E-state index contributed by atoms with van der Waals surface area (Å²) in [6.45, 7) is -0.0172. The third-order valence-corrected chi connectivity index (χ3v) is 5.38. The molecule has 0 aromatic heterocycles. The van der Waals surface area contributed by atoms with Gasteiger partial charge in [-0.15, -0.1) is 0 Å². The van der Waals surface area contributed by atoms with Gasteiger partial charge < -0.3 is 49.6 Å². The van der Waals surface area contributed by atoms with Crippen molar-refractivity contribution in [1.29, 1.82) is 0 Å². The fourth-order valence-electron chi connectivity index (χ4n) is 3.96. The lowest BCUT2D eigenvalue weighted by Crippen LogP contribution is -2.60. The minimum atomic E-state index is -1.71. The average Bonchev–Trinajstić information content (AvgIpc) is 3.06. The van der Waals surface area contributed by atoms with Gasteiger partial charge in [-0.25, -0.2) is 4.79 Å². The summed E-state index contributed by atoms with van der Waals surface area (Å²) in [7, 11) is 0. The molecule has 0 spiro atoms. The summed E-state index contributed by atoms with van der Waals surface area (Å²) in [5.74, 6) is -3.84. The first kappa shape index (κ1) is 22.6. The van der Waals surface area contributed by atoms with Crippen LogP contribution in [0.2, 0.25) is 0 Å². The maximum atomic E-state index is 11.7. The van der Waals surface area contributed by atoms with E-state index in [1.165, 1.54) is 6.08 Å². The van der Waals surface area contributed by atoms with Crippen molar-refractivity contribution >= 4 is 11.9 Å². The van der Waals surface area contributed by atoms with E-state index >= 15 is 0 Å². The van der Waals surface area contributed by atoms with Crippen LogP contribution in [0.5, 0.6) is 0 Å². The monoisotopic (exact) mass is 432 g/mol. The van der Waals surface area contributed by atoms with Crippen molar-refractivity contribution in [3.63, 3.8) is 0 Å². The number of carbonyl (C=O) groups is 2. The maximum Gasteiger partial charge on any atom is 0.335 e. The predicted molar refractivity (Wildman–Crippen MR) is 93.1 cm³/mol. The third-order valence-electron chi connectivity index (χ3n) is 5.38. The van der Waals surface area contributed by atoms with Gasteiger partial charge >= 0.3 is 11.9 Å². The molecule has 0 aromatic rings. The predicted octanol–water partition coefficient (Wildman–Crippen LogP) is -2.78. The molecule has 0 saturated carbocycles. The Labute approximate surface area is 170 Å². The van der Waals surface area contributed by atoms with Gasteiger partial charge in [0.15, 0.2) is 6.29 Å². The first-order valence-corrected chi connectivity index (χ1v) is 9.23. The van der Waals surface area contributed by atoms with E-state index < -0.39 is 80.1 Å². The highest BCUT2D eigenvalue weighted by Gasteiger charge is 2.53. The Balaban J connectivity index is 1.88. The second-order valence-corrected chi connectivity index (χ2v) is 7.24. The molecule has 9 atom stereocenters. The molecule has 0 unspecified atom stereocenters. The lowest BCUT2D eigenvalue weighted by molar-refractivity contribution is -0.340. The summed E-state index contributed by atoms with van der Waals surface area (Å²) in [6.07, 6.45) is -7.70. The van der Waals surface area contributed by atoms with E-state index in [0.717, 1.165) is 13.2 Å². The normalized spacial score (nSPS) is 40.7. The van der Waals surface area contributed by atoms with Gasteiger partial charge in [-0.05, 0) is 11.6 Å². The van der Waals surface area contributed by atoms with Crippen LogP contribution < -0.4 is 0 Å². The smallest absolute Gasteiger partial charge is 0.335 e. The fraction of sp³-hybridized carbons (Fsp3) is 0.667. The number of ether oxygens (including phenoxy) is 4. The van der Waals surface area contributed by atoms with E-state index in [9.17, 15) is 40.2 Å². The fourth-order valence-corrected chi connectivity index (χ4v) is 3.96. The minimum absolute atomic E-state index is 0.209. The first-order valence-electron chi connectivity index (χ1n) is 9.23. The van der Waals surface area contributed by atoms with Gasteiger partial charge in [0, 0.05) is 12.8 Å². The summed E-state index contributed by atoms with van der Waals surface area (Å²) in [6, 6.07) is 0. The van der Waals surface area contributed by atoms with E-state index in [2.05, 4.69) is 0 Å². The zero-order chi connectivity index (χ0) is 22.2. The van der Waals surface area contributed by atoms with Gasteiger partial charge in [0.2, 0.25) is 6.29 Å². The second-order valence-electron chi connectivity index (χ2n) is 7.24. The van der Waals surface area contributed by atoms with E-state index in [1.807, 2.05) is 0 Å². The second kappa shape index (κ2) is 8.98. The highest BCUT2D eigenvalue weighted by molar-refractivity contribution is 5.87. The number of fused-ring (bicyclic) bond motifs is 1. The molecule has 168 valence electrons. The molecule has 2 heterocycles. The number of rotatable bonds is 6. The molecule has 12 nitrogen and oxygen atoms in total. The summed E-state index contributed by atoms with van der Waals surface area (Å²) in [5.41, 5.74) is 0.0762. The minimum Gasteiger partial charge on any atom is -0.478 e. The molecule has 12 heteroatoms. The van der Waals surface area contributed by atoms with Crippen molar-refractivity contribution in [2.24, 2.45) is 11.8 Å². The Morgan fingerprint density at radius 1 is 1.07 bits per heavy atom. The topological polar surface area (TPSA) is 192 Å². The molecule has 1 fully saturated rings. The maximum absolute atomic E-state index is 11.7. The molecule has 3 aliphatic rings. The molecule has 0 bridgehead atoms. The van der Waals surface area contributed by atoms with Crippen molar-refractivity contribution in [2.75, 3.05) is 13.2 Å². The molecule has 0 amide bonds. The molecule has 30 heavy (non-hydrogen) atoms. The van der Waals surface area contributed by atoms with Crippen LogP contribution in [-0.4, -0.2) is 98.9 Å². The molecule has 1 saturated heterocycles. The number of aliphatic carboxylic acids is 1. The Hall–Kier alpha value is -2.06. The quantitative estimate of drug-likeness (QED) is 0.187. The number of aliphatic hydroxyl groups excluding tert-OH is 5. The lowest BCUT2D eigenvalue weighted by atomic mass is 9.82. The van der Waals surface area contributed by atoms with Crippen LogP contribution in [0, 0.1) is 11.8 Å². The zero-order valence-electron chi connectivity index (χ0n) is 15.9. The number of hydrogen-bond acceptors (Lipinski definition) is 11. The molecule has 6 N–H and O–H groups in total. The number of carboxylic acid groups (broad SMARTS) is 1. The van der Waals surface area contributed by atoms with Crippen LogP contribution in [0.1, 0.15) is 6.92 Å². The molecule has 0 radical (unpaired) electrons. The number of carbonyl (C=O) groups excluding carboxylic acids is 1. The Bertz CT molecular complexity index is 731. The Morgan fingerprint density at radius 2 is 1.77 bits per heavy atom. The number of esters is 1.